The fourth-order valence-corrected chi connectivity index (χ4v) is 1.48. The van der Waals surface area contributed by atoms with Crippen molar-refractivity contribution in [2.75, 3.05) is 7.11 Å². The van der Waals surface area contributed by atoms with Gasteiger partial charge >= 0.3 is 6.01 Å². The number of hydrogen-bond donors (Lipinski definition) is 0. The molecule has 0 aliphatic rings. The zero-order valence-corrected chi connectivity index (χ0v) is 10.0. The van der Waals surface area contributed by atoms with Crippen molar-refractivity contribution in [3.63, 3.8) is 0 Å². The lowest BCUT2D eigenvalue weighted by Gasteiger charge is -2.03. The van der Waals surface area contributed by atoms with Gasteiger partial charge < -0.3 is 4.74 Å². The van der Waals surface area contributed by atoms with E-state index < -0.39 is 0 Å². The van der Waals surface area contributed by atoms with Crippen LogP contribution < -0.4 is 4.74 Å². The molecule has 0 atom stereocenters. The highest BCUT2D eigenvalue weighted by molar-refractivity contribution is 9.10. The largest absolute Gasteiger partial charge is 0.467 e. The van der Waals surface area contributed by atoms with Crippen LogP contribution in [-0.4, -0.2) is 26.9 Å². The van der Waals surface area contributed by atoms with Crippen molar-refractivity contribution in [1.82, 2.24) is 19.7 Å². The Bertz CT molecular complexity index is 487. The Morgan fingerprint density at radius 1 is 1.47 bits per heavy atom. The lowest BCUT2D eigenvalue weighted by Crippen LogP contribution is -2.02. The van der Waals surface area contributed by atoms with Crippen LogP contribution in [-0.2, 0) is 0 Å². The van der Waals surface area contributed by atoms with Crippen LogP contribution in [0.1, 0.15) is 0 Å². The van der Waals surface area contributed by atoms with Crippen LogP contribution in [0.3, 0.4) is 0 Å². The summed E-state index contributed by atoms with van der Waals surface area (Å²) in [6.07, 6.45) is 4.86. The van der Waals surface area contributed by atoms with Gasteiger partial charge in [0.15, 0.2) is 5.82 Å². The van der Waals surface area contributed by atoms with Gasteiger partial charge in [0.2, 0.25) is 0 Å². The minimum Gasteiger partial charge on any atom is -0.467 e. The molecule has 0 unspecified atom stereocenters. The number of rotatable bonds is 2. The summed E-state index contributed by atoms with van der Waals surface area (Å²) in [5, 5.41) is 4.47. The van der Waals surface area contributed by atoms with Crippen LogP contribution in [0.15, 0.2) is 23.1 Å². The average Bonchev–Trinajstić information content (AvgIpc) is 2.65. The second-order valence-corrected chi connectivity index (χ2v) is 3.95. The maximum Gasteiger partial charge on any atom is 0.318 e. The van der Waals surface area contributed by atoms with E-state index in [1.165, 1.54) is 18.0 Å². The van der Waals surface area contributed by atoms with E-state index in [9.17, 15) is 0 Å². The lowest BCUT2D eigenvalue weighted by atomic mass is 10.6. The lowest BCUT2D eigenvalue weighted by molar-refractivity contribution is 0.379. The first-order chi connectivity index (χ1) is 7.20. The molecule has 0 bridgehead atoms. The number of methoxy groups -OCH3 is 1. The first-order valence-corrected chi connectivity index (χ1v) is 5.15. The molecular weight excluding hydrogens is 283 g/mol. The topological polar surface area (TPSA) is 52.8 Å². The summed E-state index contributed by atoms with van der Waals surface area (Å²) in [6, 6.07) is 0.251. The minimum atomic E-state index is 0.251. The van der Waals surface area contributed by atoms with Gasteiger partial charge in [-0.15, -0.1) is 0 Å². The van der Waals surface area contributed by atoms with E-state index in [0.29, 0.717) is 10.8 Å². The summed E-state index contributed by atoms with van der Waals surface area (Å²) in [4.78, 5) is 7.96. The molecule has 2 heterocycles. The first kappa shape index (κ1) is 10.4. The third kappa shape index (κ3) is 2.10. The van der Waals surface area contributed by atoms with E-state index in [0.717, 1.165) is 4.47 Å². The van der Waals surface area contributed by atoms with Gasteiger partial charge in [0, 0.05) is 6.20 Å². The zero-order chi connectivity index (χ0) is 10.8. The normalized spacial score (nSPS) is 10.3. The van der Waals surface area contributed by atoms with Crippen LogP contribution in [0, 0.1) is 0 Å². The van der Waals surface area contributed by atoms with Crippen molar-refractivity contribution in [1.29, 1.82) is 0 Å². The fraction of sp³-hybridized carbons (Fsp3) is 0.125. The number of nitrogens with zero attached hydrogens (tertiary/aromatic N) is 4. The Hall–Kier alpha value is -1.14. The van der Waals surface area contributed by atoms with Gasteiger partial charge in [-0.3, -0.25) is 0 Å². The maximum atomic E-state index is 5.94. The van der Waals surface area contributed by atoms with E-state index >= 15 is 0 Å². The van der Waals surface area contributed by atoms with Gasteiger partial charge in [-0.05, 0) is 15.9 Å². The standard InChI is InChI=1S/C8H6BrClN4O/c1-15-8-11-3-6(10)7(13-8)14-4-5(9)2-12-14/h2-4H,1H3. The molecule has 0 aliphatic carbocycles. The molecule has 2 aromatic rings. The molecular formula is C8H6BrClN4O. The summed E-state index contributed by atoms with van der Waals surface area (Å²) in [5.74, 6) is 0.481. The molecule has 7 heteroatoms. The van der Waals surface area contributed by atoms with Crippen molar-refractivity contribution in [2.45, 2.75) is 0 Å². The molecule has 0 N–H and O–H groups in total. The number of ether oxygens (including phenoxy) is 1. The van der Waals surface area contributed by atoms with Crippen molar-refractivity contribution >= 4 is 27.5 Å². The molecule has 2 aromatic heterocycles. The van der Waals surface area contributed by atoms with Crippen molar-refractivity contribution < 1.29 is 4.74 Å². The average molecular weight is 290 g/mol. The smallest absolute Gasteiger partial charge is 0.318 e. The van der Waals surface area contributed by atoms with Gasteiger partial charge in [-0.1, -0.05) is 11.6 Å². The predicted octanol–water partition coefficient (Wildman–Crippen LogP) is 2.09. The zero-order valence-electron chi connectivity index (χ0n) is 7.69. The van der Waals surface area contributed by atoms with Crippen LogP contribution in [0.25, 0.3) is 5.82 Å². The van der Waals surface area contributed by atoms with E-state index in [2.05, 4.69) is 31.0 Å². The Morgan fingerprint density at radius 3 is 2.87 bits per heavy atom. The van der Waals surface area contributed by atoms with Crippen LogP contribution >= 0.6 is 27.5 Å². The fourth-order valence-electron chi connectivity index (χ4n) is 1.02. The van der Waals surface area contributed by atoms with Crippen LogP contribution in [0.4, 0.5) is 0 Å². The number of aromatic nitrogens is 4. The Morgan fingerprint density at radius 2 is 2.27 bits per heavy atom. The van der Waals surface area contributed by atoms with Gasteiger partial charge in [0.1, 0.15) is 5.02 Å². The summed E-state index contributed by atoms with van der Waals surface area (Å²) in [6.45, 7) is 0. The first-order valence-electron chi connectivity index (χ1n) is 3.98. The highest BCUT2D eigenvalue weighted by Crippen LogP contribution is 2.20. The van der Waals surface area contributed by atoms with Gasteiger partial charge in [0.25, 0.3) is 0 Å². The third-order valence-electron chi connectivity index (χ3n) is 1.65. The molecule has 0 radical (unpaired) electrons. The second-order valence-electron chi connectivity index (χ2n) is 2.63. The second kappa shape index (κ2) is 4.16. The summed E-state index contributed by atoms with van der Waals surface area (Å²) in [7, 11) is 1.49. The van der Waals surface area contributed by atoms with E-state index in [1.807, 2.05) is 0 Å². The molecule has 0 spiro atoms. The highest BCUT2D eigenvalue weighted by atomic mass is 79.9. The predicted molar refractivity (Wildman–Crippen MR) is 58.4 cm³/mol. The highest BCUT2D eigenvalue weighted by Gasteiger charge is 2.08. The quantitative estimate of drug-likeness (QED) is 0.849. The Labute approximate surface area is 99.2 Å². The molecule has 78 valence electrons. The number of halogens is 2. The molecule has 0 fully saturated rings. The Kier molecular flexibility index (Phi) is 2.88. The Balaban J connectivity index is 2.51. The summed E-state index contributed by atoms with van der Waals surface area (Å²) < 4.78 is 7.29. The molecule has 0 amide bonds. The maximum absolute atomic E-state index is 5.94. The van der Waals surface area contributed by atoms with E-state index in [-0.39, 0.29) is 6.01 Å². The minimum absolute atomic E-state index is 0.251. The van der Waals surface area contributed by atoms with Crippen molar-refractivity contribution in [2.24, 2.45) is 0 Å². The molecule has 15 heavy (non-hydrogen) atoms. The SMILES string of the molecule is COc1ncc(Cl)c(-n2cc(Br)cn2)n1. The third-order valence-corrected chi connectivity index (χ3v) is 2.33. The van der Waals surface area contributed by atoms with Crippen molar-refractivity contribution in [3.05, 3.63) is 28.1 Å². The monoisotopic (exact) mass is 288 g/mol. The summed E-state index contributed by atoms with van der Waals surface area (Å²) in [5.41, 5.74) is 0. The van der Waals surface area contributed by atoms with E-state index in [4.69, 9.17) is 16.3 Å². The van der Waals surface area contributed by atoms with E-state index in [1.54, 1.807) is 12.4 Å². The molecule has 0 aromatic carbocycles. The van der Waals surface area contributed by atoms with Crippen molar-refractivity contribution in [3.8, 4) is 11.8 Å². The molecule has 2 rings (SSSR count). The van der Waals surface area contributed by atoms with Gasteiger partial charge in [-0.25, -0.2) is 9.67 Å². The van der Waals surface area contributed by atoms with Gasteiger partial charge in [-0.2, -0.15) is 10.1 Å². The van der Waals surface area contributed by atoms with Crippen LogP contribution in [0.5, 0.6) is 6.01 Å². The molecule has 0 saturated carbocycles. The van der Waals surface area contributed by atoms with Crippen LogP contribution in [0.2, 0.25) is 5.02 Å². The van der Waals surface area contributed by atoms with Gasteiger partial charge in [0.05, 0.1) is 24.0 Å². The number of hydrogen-bond acceptors (Lipinski definition) is 4. The molecule has 0 saturated heterocycles. The molecule has 5 nitrogen and oxygen atoms in total. The summed E-state index contributed by atoms with van der Waals surface area (Å²) >= 11 is 9.23. The molecule has 0 aliphatic heterocycles.